The second-order valence-corrected chi connectivity index (χ2v) is 6.76. The monoisotopic (exact) mass is 340 g/mol. The summed E-state index contributed by atoms with van der Waals surface area (Å²) in [6.45, 7) is 8.25. The van der Waals surface area contributed by atoms with Gasteiger partial charge in [-0.15, -0.1) is 0 Å². The zero-order valence-corrected chi connectivity index (χ0v) is 15.0. The van der Waals surface area contributed by atoms with E-state index in [-0.39, 0.29) is 6.04 Å². The lowest BCUT2D eigenvalue weighted by atomic mass is 10.1. The Kier molecular flexibility index (Phi) is 4.88. The van der Waals surface area contributed by atoms with Crippen LogP contribution in [0.3, 0.4) is 0 Å². The van der Waals surface area contributed by atoms with Crippen molar-refractivity contribution in [2.24, 2.45) is 0 Å². The molecule has 3 rings (SSSR count). The summed E-state index contributed by atoms with van der Waals surface area (Å²) in [5.74, 6) is -0.961. The van der Waals surface area contributed by atoms with Crippen LogP contribution in [-0.4, -0.2) is 53.9 Å². The van der Waals surface area contributed by atoms with E-state index < -0.39 is 11.8 Å². The highest BCUT2D eigenvalue weighted by atomic mass is 16.2. The third kappa shape index (κ3) is 3.73. The van der Waals surface area contributed by atoms with Crippen LogP contribution in [0.15, 0.2) is 30.5 Å². The van der Waals surface area contributed by atoms with E-state index >= 15 is 0 Å². The molecule has 0 radical (unpaired) electrons. The molecule has 1 N–H and O–H groups in total. The molecular formula is C19H24N4O2. The molecule has 1 fully saturated rings. The van der Waals surface area contributed by atoms with Gasteiger partial charge >= 0.3 is 11.8 Å². The fourth-order valence-electron chi connectivity index (χ4n) is 3.14. The van der Waals surface area contributed by atoms with Crippen molar-refractivity contribution in [2.45, 2.75) is 26.8 Å². The first kappa shape index (κ1) is 17.2. The number of nitrogens with one attached hydrogen (secondary N) is 1. The van der Waals surface area contributed by atoms with Gasteiger partial charge in [-0.25, -0.2) is 0 Å². The number of rotatable bonds is 2. The molecular weight excluding hydrogens is 316 g/mol. The first-order valence-electron chi connectivity index (χ1n) is 8.66. The highest BCUT2D eigenvalue weighted by Crippen LogP contribution is 2.27. The van der Waals surface area contributed by atoms with Crippen LogP contribution in [0.2, 0.25) is 0 Å². The molecule has 2 amide bonds. The minimum atomic E-state index is -0.520. The molecule has 0 aliphatic carbocycles. The summed E-state index contributed by atoms with van der Waals surface area (Å²) >= 11 is 0. The number of nitrogens with zero attached hydrogens (tertiary/aromatic N) is 3. The van der Waals surface area contributed by atoms with Crippen LogP contribution in [0, 0.1) is 6.92 Å². The predicted octanol–water partition coefficient (Wildman–Crippen LogP) is 1.72. The van der Waals surface area contributed by atoms with E-state index in [4.69, 9.17) is 0 Å². The van der Waals surface area contributed by atoms with Crippen LogP contribution >= 0.6 is 0 Å². The number of fused-ring (bicyclic) bond motifs is 1. The van der Waals surface area contributed by atoms with Gasteiger partial charge in [0, 0.05) is 49.5 Å². The van der Waals surface area contributed by atoms with E-state index in [2.05, 4.69) is 34.3 Å². The predicted molar refractivity (Wildman–Crippen MR) is 98.6 cm³/mol. The van der Waals surface area contributed by atoms with Crippen molar-refractivity contribution in [3.8, 4) is 0 Å². The maximum absolute atomic E-state index is 12.2. The smallest absolute Gasteiger partial charge is 0.312 e. The van der Waals surface area contributed by atoms with Crippen molar-refractivity contribution >= 4 is 28.4 Å². The molecule has 0 bridgehead atoms. The molecule has 0 spiro atoms. The first-order valence-corrected chi connectivity index (χ1v) is 8.66. The molecule has 6 nitrogen and oxygen atoms in total. The van der Waals surface area contributed by atoms with Crippen LogP contribution in [0.5, 0.6) is 0 Å². The van der Waals surface area contributed by atoms with Gasteiger partial charge in [0.15, 0.2) is 0 Å². The second kappa shape index (κ2) is 7.09. The van der Waals surface area contributed by atoms with Gasteiger partial charge in [-0.3, -0.25) is 14.6 Å². The lowest BCUT2D eigenvalue weighted by molar-refractivity contribution is -0.146. The summed E-state index contributed by atoms with van der Waals surface area (Å²) in [5, 5.41) is 3.79. The summed E-state index contributed by atoms with van der Waals surface area (Å²) in [5.41, 5.74) is 3.30. The molecule has 1 aliphatic rings. The van der Waals surface area contributed by atoms with Gasteiger partial charge in [0.25, 0.3) is 0 Å². The van der Waals surface area contributed by atoms with E-state index in [0.29, 0.717) is 26.2 Å². The normalized spacial score (nSPS) is 14.9. The van der Waals surface area contributed by atoms with E-state index in [1.54, 1.807) is 4.90 Å². The molecule has 1 aromatic carbocycles. The Hall–Kier alpha value is -2.63. The number of carbonyl (C=O) groups is 2. The highest BCUT2D eigenvalue weighted by molar-refractivity contribution is 6.35. The van der Waals surface area contributed by atoms with Crippen molar-refractivity contribution in [1.29, 1.82) is 0 Å². The summed E-state index contributed by atoms with van der Waals surface area (Å²) < 4.78 is 0. The third-order valence-corrected chi connectivity index (χ3v) is 4.40. The third-order valence-electron chi connectivity index (χ3n) is 4.40. The van der Waals surface area contributed by atoms with E-state index in [9.17, 15) is 9.59 Å². The minimum Gasteiger partial charge on any atom is -0.367 e. The molecule has 2 aromatic rings. The Labute approximate surface area is 147 Å². The van der Waals surface area contributed by atoms with Gasteiger partial charge < -0.3 is 15.1 Å². The Morgan fingerprint density at radius 2 is 1.84 bits per heavy atom. The number of hydrogen-bond donors (Lipinski definition) is 1. The van der Waals surface area contributed by atoms with Gasteiger partial charge in [0.2, 0.25) is 0 Å². The number of aryl methyl sites for hydroxylation is 1. The molecule has 132 valence electrons. The second-order valence-electron chi connectivity index (χ2n) is 6.76. The van der Waals surface area contributed by atoms with E-state index in [1.807, 2.05) is 32.2 Å². The summed E-state index contributed by atoms with van der Waals surface area (Å²) in [6.07, 6.45) is 1.82. The lowest BCUT2D eigenvalue weighted by Gasteiger charge is -2.36. The summed E-state index contributed by atoms with van der Waals surface area (Å²) in [4.78, 5) is 32.4. The molecule has 0 unspecified atom stereocenters. The number of piperazine rings is 1. The molecule has 0 saturated carbocycles. The fourth-order valence-corrected chi connectivity index (χ4v) is 3.14. The van der Waals surface area contributed by atoms with Gasteiger partial charge in [-0.1, -0.05) is 11.6 Å². The van der Waals surface area contributed by atoms with Crippen molar-refractivity contribution in [1.82, 2.24) is 15.2 Å². The number of pyridine rings is 1. The molecule has 1 aliphatic heterocycles. The van der Waals surface area contributed by atoms with Crippen LogP contribution in [0.1, 0.15) is 19.4 Å². The van der Waals surface area contributed by atoms with Gasteiger partial charge in [-0.05, 0) is 39.0 Å². The average molecular weight is 340 g/mol. The highest BCUT2D eigenvalue weighted by Gasteiger charge is 2.26. The molecule has 25 heavy (non-hydrogen) atoms. The van der Waals surface area contributed by atoms with Gasteiger partial charge in [0.1, 0.15) is 0 Å². The molecule has 1 saturated heterocycles. The number of amides is 2. The molecule has 0 atom stereocenters. The van der Waals surface area contributed by atoms with Crippen LogP contribution in [0.25, 0.3) is 10.9 Å². The van der Waals surface area contributed by atoms with Gasteiger partial charge in [-0.2, -0.15) is 0 Å². The number of anilines is 1. The van der Waals surface area contributed by atoms with Crippen molar-refractivity contribution in [2.75, 3.05) is 31.1 Å². The molecule has 6 heteroatoms. The average Bonchev–Trinajstić information content (AvgIpc) is 2.60. The Morgan fingerprint density at radius 3 is 2.52 bits per heavy atom. The SMILES string of the molecule is Cc1ccc2nccc(N3CCN(C(=O)C(=O)NC(C)C)CC3)c2c1. The van der Waals surface area contributed by atoms with Crippen molar-refractivity contribution in [3.63, 3.8) is 0 Å². The van der Waals surface area contributed by atoms with Crippen LogP contribution < -0.4 is 10.2 Å². The summed E-state index contributed by atoms with van der Waals surface area (Å²) in [7, 11) is 0. The maximum atomic E-state index is 12.2. The zero-order chi connectivity index (χ0) is 18.0. The maximum Gasteiger partial charge on any atom is 0.312 e. The number of carbonyl (C=O) groups excluding carboxylic acids is 2. The number of hydrogen-bond acceptors (Lipinski definition) is 4. The number of aromatic nitrogens is 1. The lowest BCUT2D eigenvalue weighted by Crippen LogP contribution is -2.53. The minimum absolute atomic E-state index is 0.0378. The zero-order valence-electron chi connectivity index (χ0n) is 15.0. The van der Waals surface area contributed by atoms with Crippen LogP contribution in [0.4, 0.5) is 5.69 Å². The Balaban J connectivity index is 1.72. The van der Waals surface area contributed by atoms with Crippen molar-refractivity contribution in [3.05, 3.63) is 36.0 Å². The van der Waals surface area contributed by atoms with Crippen molar-refractivity contribution < 1.29 is 9.59 Å². The summed E-state index contributed by atoms with van der Waals surface area (Å²) in [6, 6.07) is 8.22. The first-order chi connectivity index (χ1) is 12.0. The Bertz CT molecular complexity index is 795. The topological polar surface area (TPSA) is 65.5 Å². The number of benzene rings is 1. The van der Waals surface area contributed by atoms with Gasteiger partial charge in [0.05, 0.1) is 5.52 Å². The molecule has 2 heterocycles. The standard InChI is InChI=1S/C19H24N4O2/c1-13(2)21-18(24)19(25)23-10-8-22(9-11-23)17-6-7-20-16-5-4-14(3)12-15(16)17/h4-7,12-13H,8-11H2,1-3H3,(H,21,24). The van der Waals surface area contributed by atoms with Crippen LogP contribution in [-0.2, 0) is 9.59 Å². The van der Waals surface area contributed by atoms with E-state index in [0.717, 1.165) is 16.6 Å². The molecule has 1 aromatic heterocycles. The largest absolute Gasteiger partial charge is 0.367 e. The quantitative estimate of drug-likeness (QED) is 0.846. The van der Waals surface area contributed by atoms with E-state index in [1.165, 1.54) is 5.56 Å². The Morgan fingerprint density at radius 1 is 1.12 bits per heavy atom. The fraction of sp³-hybridized carbons (Fsp3) is 0.421.